The molecule has 0 saturated carbocycles. The Hall–Kier alpha value is -3.60. The maximum absolute atomic E-state index is 12.6. The minimum Gasteiger partial charge on any atom is -0.358 e. The van der Waals surface area contributed by atoms with Crippen LogP contribution in [0.4, 0.5) is 5.69 Å². The van der Waals surface area contributed by atoms with Gasteiger partial charge in [0.25, 0.3) is 0 Å². The van der Waals surface area contributed by atoms with E-state index in [0.29, 0.717) is 12.8 Å². The molecule has 4 aromatic rings. The molecule has 2 heterocycles. The topological polar surface area (TPSA) is 62.7 Å². The van der Waals surface area contributed by atoms with Gasteiger partial charge in [-0.2, -0.15) is 5.10 Å². The Morgan fingerprint density at radius 2 is 1.76 bits per heavy atom. The summed E-state index contributed by atoms with van der Waals surface area (Å²) in [5, 5.41) is 7.57. The summed E-state index contributed by atoms with van der Waals surface area (Å²) in [5.74, 6) is -0.0187. The van der Waals surface area contributed by atoms with Crippen LogP contribution >= 0.6 is 0 Å². The van der Waals surface area contributed by atoms with Crippen molar-refractivity contribution in [2.45, 2.75) is 26.7 Å². The Labute approximate surface area is 170 Å². The van der Waals surface area contributed by atoms with Crippen LogP contribution in [0.1, 0.15) is 23.5 Å². The van der Waals surface area contributed by atoms with Gasteiger partial charge in [0.15, 0.2) is 0 Å². The number of aryl methyl sites for hydroxylation is 3. The van der Waals surface area contributed by atoms with E-state index in [1.807, 2.05) is 73.1 Å². The number of aromatic nitrogens is 3. The Morgan fingerprint density at radius 3 is 2.52 bits per heavy atom. The van der Waals surface area contributed by atoms with Gasteiger partial charge in [0, 0.05) is 23.5 Å². The van der Waals surface area contributed by atoms with Gasteiger partial charge >= 0.3 is 0 Å². The molecule has 0 spiro atoms. The van der Waals surface area contributed by atoms with Crippen molar-refractivity contribution >= 4 is 11.6 Å². The summed E-state index contributed by atoms with van der Waals surface area (Å²) in [4.78, 5) is 16.0. The standard InChI is InChI=1S/C24H24N4O/c1-17-16-18(2)28(27-17)23-11-7-6-10-22(23)26-24(29)15-13-20-12-14-21(25-20)19-8-4-3-5-9-19/h3-12,14,16,25H,13,15H2,1-2H3,(H,26,29). The maximum Gasteiger partial charge on any atom is 0.224 e. The monoisotopic (exact) mass is 384 g/mol. The molecule has 0 unspecified atom stereocenters. The second-order valence-electron chi connectivity index (χ2n) is 7.17. The van der Waals surface area contributed by atoms with Crippen molar-refractivity contribution in [1.82, 2.24) is 14.8 Å². The number of H-pyrrole nitrogens is 1. The summed E-state index contributed by atoms with van der Waals surface area (Å²) < 4.78 is 1.86. The zero-order valence-electron chi connectivity index (χ0n) is 16.6. The Balaban J connectivity index is 1.42. The molecule has 5 nitrogen and oxygen atoms in total. The fourth-order valence-electron chi connectivity index (χ4n) is 3.47. The van der Waals surface area contributed by atoms with E-state index in [1.54, 1.807) is 0 Å². The van der Waals surface area contributed by atoms with E-state index >= 15 is 0 Å². The number of hydrogen-bond donors (Lipinski definition) is 2. The van der Waals surface area contributed by atoms with Gasteiger partial charge in [-0.1, -0.05) is 42.5 Å². The lowest BCUT2D eigenvalue weighted by molar-refractivity contribution is -0.116. The van der Waals surface area contributed by atoms with Crippen molar-refractivity contribution in [3.63, 3.8) is 0 Å². The summed E-state index contributed by atoms with van der Waals surface area (Å²) in [6, 6.07) is 24.0. The van der Waals surface area contributed by atoms with Gasteiger partial charge in [-0.3, -0.25) is 4.79 Å². The first-order chi connectivity index (χ1) is 14.1. The van der Waals surface area contributed by atoms with Crippen LogP contribution < -0.4 is 5.32 Å². The van der Waals surface area contributed by atoms with E-state index in [1.165, 1.54) is 0 Å². The summed E-state index contributed by atoms with van der Waals surface area (Å²) in [6.07, 6.45) is 1.06. The highest BCUT2D eigenvalue weighted by Crippen LogP contribution is 2.22. The van der Waals surface area contributed by atoms with Gasteiger partial charge in [-0.15, -0.1) is 0 Å². The zero-order valence-corrected chi connectivity index (χ0v) is 16.6. The lowest BCUT2D eigenvalue weighted by Gasteiger charge is -2.12. The average Bonchev–Trinajstić information content (AvgIpc) is 3.33. The lowest BCUT2D eigenvalue weighted by atomic mass is 10.2. The minimum absolute atomic E-state index is 0.0187. The van der Waals surface area contributed by atoms with Crippen molar-refractivity contribution < 1.29 is 4.79 Å². The van der Waals surface area contributed by atoms with Crippen molar-refractivity contribution in [2.75, 3.05) is 5.32 Å². The first-order valence-corrected chi connectivity index (χ1v) is 9.76. The van der Waals surface area contributed by atoms with Gasteiger partial charge in [0.1, 0.15) is 0 Å². The molecule has 146 valence electrons. The number of anilines is 1. The van der Waals surface area contributed by atoms with Gasteiger partial charge in [-0.25, -0.2) is 4.68 Å². The molecule has 2 N–H and O–H groups in total. The lowest BCUT2D eigenvalue weighted by Crippen LogP contribution is -2.15. The van der Waals surface area contributed by atoms with E-state index in [9.17, 15) is 4.79 Å². The largest absolute Gasteiger partial charge is 0.358 e. The molecule has 5 heteroatoms. The maximum atomic E-state index is 12.6. The van der Waals surface area contributed by atoms with Gasteiger partial charge in [0.05, 0.1) is 17.1 Å². The SMILES string of the molecule is Cc1cc(C)n(-c2ccccc2NC(=O)CCc2ccc(-c3ccccc3)[nH]2)n1. The minimum atomic E-state index is -0.0187. The van der Waals surface area contributed by atoms with Crippen molar-refractivity contribution in [3.8, 4) is 16.9 Å². The molecule has 0 aliphatic carbocycles. The summed E-state index contributed by atoms with van der Waals surface area (Å²) in [5.41, 5.74) is 6.87. The third-order valence-corrected chi connectivity index (χ3v) is 4.87. The van der Waals surface area contributed by atoms with Gasteiger partial charge in [-0.05, 0) is 56.2 Å². The van der Waals surface area contributed by atoms with Gasteiger partial charge in [0.2, 0.25) is 5.91 Å². The number of hydrogen-bond acceptors (Lipinski definition) is 2. The van der Waals surface area contributed by atoms with Crippen LogP contribution in [-0.4, -0.2) is 20.7 Å². The first-order valence-electron chi connectivity index (χ1n) is 9.76. The second kappa shape index (κ2) is 8.19. The number of amides is 1. The van der Waals surface area contributed by atoms with Crippen LogP contribution in [0.3, 0.4) is 0 Å². The number of rotatable bonds is 6. The van der Waals surface area contributed by atoms with Gasteiger partial charge < -0.3 is 10.3 Å². The molecule has 2 aromatic heterocycles. The molecule has 0 fully saturated rings. The van der Waals surface area contributed by atoms with Crippen LogP contribution in [0.2, 0.25) is 0 Å². The van der Waals surface area contributed by atoms with Crippen LogP contribution in [0.25, 0.3) is 16.9 Å². The number of nitrogens with one attached hydrogen (secondary N) is 2. The number of nitrogens with zero attached hydrogens (tertiary/aromatic N) is 2. The van der Waals surface area contributed by atoms with E-state index in [0.717, 1.165) is 39.7 Å². The Bertz CT molecular complexity index is 1120. The van der Waals surface area contributed by atoms with Crippen LogP contribution in [-0.2, 0) is 11.2 Å². The molecule has 0 saturated heterocycles. The predicted octanol–water partition coefficient (Wildman–Crippen LogP) is 5.06. The summed E-state index contributed by atoms with van der Waals surface area (Å²) >= 11 is 0. The third kappa shape index (κ3) is 4.29. The Morgan fingerprint density at radius 1 is 1.00 bits per heavy atom. The predicted molar refractivity (Wildman–Crippen MR) is 116 cm³/mol. The number of aromatic amines is 1. The number of benzene rings is 2. The molecule has 2 aromatic carbocycles. The van der Waals surface area contributed by atoms with Crippen molar-refractivity contribution in [1.29, 1.82) is 0 Å². The van der Waals surface area contributed by atoms with Crippen LogP contribution in [0, 0.1) is 13.8 Å². The molecule has 4 rings (SSSR count). The zero-order chi connectivity index (χ0) is 20.2. The number of para-hydroxylation sites is 2. The third-order valence-electron chi connectivity index (χ3n) is 4.87. The van der Waals surface area contributed by atoms with E-state index in [2.05, 4.69) is 33.6 Å². The molecule has 0 aliphatic heterocycles. The molecule has 0 aliphatic rings. The fraction of sp³-hybridized carbons (Fsp3) is 0.167. The van der Waals surface area contributed by atoms with E-state index < -0.39 is 0 Å². The quantitative estimate of drug-likeness (QED) is 0.488. The fourth-order valence-corrected chi connectivity index (χ4v) is 3.47. The highest BCUT2D eigenvalue weighted by atomic mass is 16.1. The normalized spacial score (nSPS) is 10.8. The molecular formula is C24H24N4O. The molecule has 1 amide bonds. The average molecular weight is 384 g/mol. The summed E-state index contributed by atoms with van der Waals surface area (Å²) in [6.45, 7) is 3.97. The smallest absolute Gasteiger partial charge is 0.224 e. The molecule has 0 radical (unpaired) electrons. The molecule has 0 atom stereocenters. The Kier molecular flexibility index (Phi) is 5.29. The van der Waals surface area contributed by atoms with E-state index in [4.69, 9.17) is 0 Å². The van der Waals surface area contributed by atoms with E-state index in [-0.39, 0.29) is 5.91 Å². The first kappa shape index (κ1) is 18.7. The van der Waals surface area contributed by atoms with Crippen molar-refractivity contribution in [3.05, 3.63) is 89.9 Å². The van der Waals surface area contributed by atoms with Crippen LogP contribution in [0.15, 0.2) is 72.8 Å². The van der Waals surface area contributed by atoms with Crippen molar-refractivity contribution in [2.24, 2.45) is 0 Å². The highest BCUT2D eigenvalue weighted by Gasteiger charge is 2.12. The number of carbonyl (C=O) groups excluding carboxylic acids is 1. The molecule has 29 heavy (non-hydrogen) atoms. The molecular weight excluding hydrogens is 360 g/mol. The molecule has 0 bridgehead atoms. The number of carbonyl (C=O) groups is 1. The second-order valence-corrected chi connectivity index (χ2v) is 7.17. The van der Waals surface area contributed by atoms with Crippen LogP contribution in [0.5, 0.6) is 0 Å². The highest BCUT2D eigenvalue weighted by molar-refractivity contribution is 5.93. The summed E-state index contributed by atoms with van der Waals surface area (Å²) in [7, 11) is 0.